The van der Waals surface area contributed by atoms with Gasteiger partial charge in [-0.3, -0.25) is 9.88 Å². The Morgan fingerprint density at radius 2 is 2.24 bits per heavy atom. The van der Waals surface area contributed by atoms with Gasteiger partial charge in [0, 0.05) is 18.4 Å². The molecule has 3 heterocycles. The van der Waals surface area contributed by atoms with Crippen LogP contribution in [-0.2, 0) is 6.54 Å². The van der Waals surface area contributed by atoms with Gasteiger partial charge in [-0.1, -0.05) is 17.3 Å². The number of hydrogen-bond acceptors (Lipinski definition) is 6. The van der Waals surface area contributed by atoms with Crippen LogP contribution in [0.2, 0.25) is 0 Å². The highest BCUT2D eigenvalue weighted by molar-refractivity contribution is 7.13. The zero-order valence-corrected chi connectivity index (χ0v) is 12.7. The predicted octanol–water partition coefficient (Wildman–Crippen LogP) is 3.39. The number of nitrogens with zero attached hydrogens (tertiary/aromatic N) is 4. The average molecular weight is 300 g/mol. The van der Waals surface area contributed by atoms with Gasteiger partial charge in [-0.2, -0.15) is 4.98 Å². The highest BCUT2D eigenvalue weighted by atomic mass is 32.1. The lowest BCUT2D eigenvalue weighted by Crippen LogP contribution is -2.22. The van der Waals surface area contributed by atoms with Gasteiger partial charge < -0.3 is 4.52 Å². The van der Waals surface area contributed by atoms with Crippen LogP contribution in [0.4, 0.5) is 0 Å². The van der Waals surface area contributed by atoms with Crippen LogP contribution in [0.15, 0.2) is 46.6 Å². The van der Waals surface area contributed by atoms with E-state index in [1.807, 2.05) is 36.8 Å². The summed E-state index contributed by atoms with van der Waals surface area (Å²) in [5, 5.41) is 6.03. The molecule has 3 rings (SSSR count). The molecule has 0 saturated carbocycles. The molecule has 0 aromatic carbocycles. The summed E-state index contributed by atoms with van der Waals surface area (Å²) in [5.41, 5.74) is 1.16. The summed E-state index contributed by atoms with van der Waals surface area (Å²) >= 11 is 1.60. The zero-order chi connectivity index (χ0) is 14.7. The minimum atomic E-state index is 0.232. The van der Waals surface area contributed by atoms with Gasteiger partial charge in [-0.25, -0.2) is 0 Å². The summed E-state index contributed by atoms with van der Waals surface area (Å²) in [6.45, 7) is 2.74. The Hall–Kier alpha value is -2.05. The van der Waals surface area contributed by atoms with Gasteiger partial charge in [-0.05, 0) is 37.0 Å². The van der Waals surface area contributed by atoms with E-state index in [1.54, 1.807) is 17.5 Å². The summed E-state index contributed by atoms with van der Waals surface area (Å²) < 4.78 is 5.33. The van der Waals surface area contributed by atoms with Gasteiger partial charge in [-0.15, -0.1) is 11.3 Å². The Morgan fingerprint density at radius 1 is 1.33 bits per heavy atom. The SMILES string of the molecule is C[C@@H](c1cccnc1)N(C)Cc1nc(-c2cccs2)no1. The lowest BCUT2D eigenvalue weighted by molar-refractivity contribution is 0.216. The van der Waals surface area contributed by atoms with Crippen molar-refractivity contribution < 1.29 is 4.52 Å². The van der Waals surface area contributed by atoms with Crippen LogP contribution in [0.3, 0.4) is 0 Å². The first-order valence-corrected chi connectivity index (χ1v) is 7.58. The largest absolute Gasteiger partial charge is 0.338 e. The zero-order valence-electron chi connectivity index (χ0n) is 11.9. The van der Waals surface area contributed by atoms with Gasteiger partial charge in [0.1, 0.15) is 0 Å². The number of aromatic nitrogens is 3. The maximum Gasteiger partial charge on any atom is 0.241 e. The quantitative estimate of drug-likeness (QED) is 0.723. The third kappa shape index (κ3) is 3.17. The third-order valence-corrected chi connectivity index (χ3v) is 4.29. The van der Waals surface area contributed by atoms with Gasteiger partial charge >= 0.3 is 0 Å². The molecule has 0 N–H and O–H groups in total. The molecule has 0 aliphatic rings. The highest BCUT2D eigenvalue weighted by Gasteiger charge is 2.16. The van der Waals surface area contributed by atoms with E-state index in [0.717, 1.165) is 10.4 Å². The molecule has 0 unspecified atom stereocenters. The summed E-state index contributed by atoms with van der Waals surface area (Å²) in [7, 11) is 2.03. The summed E-state index contributed by atoms with van der Waals surface area (Å²) in [5.74, 6) is 1.28. The lowest BCUT2D eigenvalue weighted by atomic mass is 10.1. The molecule has 0 radical (unpaired) electrons. The van der Waals surface area contributed by atoms with E-state index >= 15 is 0 Å². The number of pyridine rings is 1. The van der Waals surface area contributed by atoms with Crippen LogP contribution in [-0.4, -0.2) is 27.1 Å². The Labute approximate surface area is 127 Å². The summed E-state index contributed by atoms with van der Waals surface area (Å²) in [6.07, 6.45) is 3.66. The molecule has 0 bridgehead atoms. The van der Waals surface area contributed by atoms with E-state index in [2.05, 4.69) is 33.0 Å². The van der Waals surface area contributed by atoms with Crippen molar-refractivity contribution in [2.24, 2.45) is 0 Å². The first-order chi connectivity index (χ1) is 10.2. The van der Waals surface area contributed by atoms with Crippen molar-refractivity contribution in [1.29, 1.82) is 0 Å². The summed E-state index contributed by atoms with van der Waals surface area (Å²) in [4.78, 5) is 11.8. The first-order valence-electron chi connectivity index (χ1n) is 6.70. The molecule has 5 nitrogen and oxygen atoms in total. The molecule has 0 aliphatic carbocycles. The number of hydrogen-bond donors (Lipinski definition) is 0. The molecule has 0 saturated heterocycles. The molecule has 0 amide bonds. The van der Waals surface area contributed by atoms with Gasteiger partial charge in [0.05, 0.1) is 11.4 Å². The molecule has 1 atom stereocenters. The van der Waals surface area contributed by atoms with Crippen LogP contribution in [0.5, 0.6) is 0 Å². The molecule has 0 aliphatic heterocycles. The van der Waals surface area contributed by atoms with Gasteiger partial charge in [0.25, 0.3) is 0 Å². The van der Waals surface area contributed by atoms with E-state index < -0.39 is 0 Å². The Balaban J connectivity index is 1.69. The number of thiophene rings is 1. The molecule has 0 fully saturated rings. The average Bonchev–Trinajstić information content (AvgIpc) is 3.18. The minimum absolute atomic E-state index is 0.232. The lowest BCUT2D eigenvalue weighted by Gasteiger charge is -2.22. The van der Waals surface area contributed by atoms with Crippen molar-refractivity contribution in [3.63, 3.8) is 0 Å². The molecular formula is C15H16N4OS. The van der Waals surface area contributed by atoms with Crippen LogP contribution in [0.1, 0.15) is 24.4 Å². The fraction of sp³-hybridized carbons (Fsp3) is 0.267. The van der Waals surface area contributed by atoms with E-state index in [9.17, 15) is 0 Å². The van der Waals surface area contributed by atoms with Crippen LogP contribution < -0.4 is 0 Å². The van der Waals surface area contributed by atoms with Crippen molar-refractivity contribution in [3.05, 3.63) is 53.5 Å². The van der Waals surface area contributed by atoms with Crippen molar-refractivity contribution in [3.8, 4) is 10.7 Å². The Kier molecular flexibility index (Phi) is 4.08. The van der Waals surface area contributed by atoms with Crippen LogP contribution >= 0.6 is 11.3 Å². The van der Waals surface area contributed by atoms with E-state index in [-0.39, 0.29) is 6.04 Å². The van der Waals surface area contributed by atoms with Gasteiger partial charge in [0.2, 0.25) is 11.7 Å². The fourth-order valence-electron chi connectivity index (χ4n) is 2.05. The fourth-order valence-corrected chi connectivity index (χ4v) is 2.70. The topological polar surface area (TPSA) is 55.1 Å². The predicted molar refractivity (Wildman–Crippen MR) is 81.7 cm³/mol. The maximum absolute atomic E-state index is 5.33. The maximum atomic E-state index is 5.33. The van der Waals surface area contributed by atoms with Crippen molar-refractivity contribution >= 4 is 11.3 Å². The molecular weight excluding hydrogens is 284 g/mol. The molecule has 3 aromatic heterocycles. The molecule has 21 heavy (non-hydrogen) atoms. The minimum Gasteiger partial charge on any atom is -0.338 e. The monoisotopic (exact) mass is 300 g/mol. The van der Waals surface area contributed by atoms with Crippen LogP contribution in [0, 0.1) is 0 Å². The smallest absolute Gasteiger partial charge is 0.241 e. The molecule has 0 spiro atoms. The normalized spacial score (nSPS) is 12.7. The second-order valence-electron chi connectivity index (χ2n) is 4.87. The van der Waals surface area contributed by atoms with Gasteiger partial charge in [0.15, 0.2) is 0 Å². The first kappa shape index (κ1) is 13.9. The second kappa shape index (κ2) is 6.15. The summed E-state index contributed by atoms with van der Waals surface area (Å²) in [6, 6.07) is 8.21. The molecule has 3 aromatic rings. The number of rotatable bonds is 5. The second-order valence-corrected chi connectivity index (χ2v) is 5.81. The van der Waals surface area contributed by atoms with E-state index in [0.29, 0.717) is 18.3 Å². The van der Waals surface area contributed by atoms with E-state index in [4.69, 9.17) is 4.52 Å². The molecule has 6 heteroatoms. The highest BCUT2D eigenvalue weighted by Crippen LogP contribution is 2.23. The standard InChI is InChI=1S/C15H16N4OS/c1-11(12-5-3-7-16-9-12)19(2)10-14-17-15(18-20-14)13-6-4-8-21-13/h3-9,11H,10H2,1-2H3/t11-/m0/s1. The van der Waals surface area contributed by atoms with Crippen molar-refractivity contribution in [2.45, 2.75) is 19.5 Å². The van der Waals surface area contributed by atoms with Crippen molar-refractivity contribution in [2.75, 3.05) is 7.05 Å². The van der Waals surface area contributed by atoms with E-state index in [1.165, 1.54) is 0 Å². The van der Waals surface area contributed by atoms with Crippen molar-refractivity contribution in [1.82, 2.24) is 20.0 Å². The Bertz CT molecular complexity index is 681. The Morgan fingerprint density at radius 3 is 2.95 bits per heavy atom. The third-order valence-electron chi connectivity index (χ3n) is 3.42. The van der Waals surface area contributed by atoms with Crippen LogP contribution in [0.25, 0.3) is 10.7 Å². The molecule has 108 valence electrons.